The Morgan fingerprint density at radius 1 is 0.521 bits per heavy atom. The van der Waals surface area contributed by atoms with Crippen molar-refractivity contribution in [3.05, 3.63) is 72.9 Å². The van der Waals surface area contributed by atoms with Gasteiger partial charge in [0.2, 0.25) is 5.91 Å². The maximum atomic E-state index is 13.2. The van der Waals surface area contributed by atoms with Crippen LogP contribution in [0, 0.1) is 0 Å². The lowest BCUT2D eigenvalue weighted by molar-refractivity contribution is -0.359. The molecule has 2 aliphatic rings. The highest BCUT2D eigenvalue weighted by Crippen LogP contribution is 2.30. The van der Waals surface area contributed by atoms with Crippen LogP contribution in [0.4, 0.5) is 0 Å². The Labute approximate surface area is 428 Å². The number of aliphatic hydroxyl groups excluding tert-OH is 8. The number of allylic oxidation sites excluding steroid dienone is 12. The molecular weight excluding hydrogens is 907 g/mol. The van der Waals surface area contributed by atoms with Crippen molar-refractivity contribution in [3.63, 3.8) is 0 Å². The smallest absolute Gasteiger partial charge is 0.220 e. The van der Waals surface area contributed by atoms with Crippen molar-refractivity contribution in [1.82, 2.24) is 5.32 Å². The van der Waals surface area contributed by atoms with Crippen molar-refractivity contribution in [2.24, 2.45) is 0 Å². The van der Waals surface area contributed by atoms with E-state index in [1.165, 1.54) is 89.9 Å². The quantitative estimate of drug-likeness (QED) is 0.0207. The minimum atomic E-state index is -1.79. The lowest BCUT2D eigenvalue weighted by Gasteiger charge is -2.46. The highest BCUT2D eigenvalue weighted by molar-refractivity contribution is 5.76. The highest BCUT2D eigenvalue weighted by atomic mass is 16.7. The van der Waals surface area contributed by atoms with Gasteiger partial charge in [-0.25, -0.2) is 0 Å². The number of unbranched alkanes of at least 4 members (excludes halogenated alkanes) is 17. The van der Waals surface area contributed by atoms with Crippen LogP contribution in [-0.2, 0) is 23.7 Å². The average molecular weight is 1010 g/mol. The number of hydrogen-bond acceptors (Lipinski definition) is 13. The predicted molar refractivity (Wildman–Crippen MR) is 281 cm³/mol. The Balaban J connectivity index is 1.84. The number of hydrogen-bond donors (Lipinski definition) is 9. The van der Waals surface area contributed by atoms with Crippen molar-refractivity contribution >= 4 is 5.91 Å². The van der Waals surface area contributed by atoms with Gasteiger partial charge in [-0.15, -0.1) is 0 Å². The fourth-order valence-corrected chi connectivity index (χ4v) is 8.73. The first-order valence-electron chi connectivity index (χ1n) is 27.7. The van der Waals surface area contributed by atoms with Gasteiger partial charge in [0.05, 0.1) is 32.0 Å². The second-order valence-corrected chi connectivity index (χ2v) is 19.3. The van der Waals surface area contributed by atoms with Crippen LogP contribution in [-0.4, -0.2) is 140 Å². The summed E-state index contributed by atoms with van der Waals surface area (Å²) in [5.74, 6) is -0.290. The van der Waals surface area contributed by atoms with Gasteiger partial charge in [0.15, 0.2) is 12.6 Å². The molecule has 0 spiro atoms. The van der Waals surface area contributed by atoms with Crippen molar-refractivity contribution in [2.45, 2.75) is 261 Å². The molecule has 410 valence electrons. The van der Waals surface area contributed by atoms with Crippen LogP contribution >= 0.6 is 0 Å². The third kappa shape index (κ3) is 29.2. The van der Waals surface area contributed by atoms with Crippen LogP contribution in [0.2, 0.25) is 0 Å². The first-order chi connectivity index (χ1) is 34.6. The second-order valence-electron chi connectivity index (χ2n) is 19.3. The minimum absolute atomic E-state index is 0.176. The van der Waals surface area contributed by atoms with E-state index in [1.54, 1.807) is 0 Å². The van der Waals surface area contributed by atoms with Crippen LogP contribution in [0.3, 0.4) is 0 Å². The van der Waals surface area contributed by atoms with Gasteiger partial charge in [-0.05, 0) is 51.4 Å². The normalized spacial score (nSPS) is 26.3. The predicted octanol–water partition coefficient (Wildman–Crippen LogP) is 8.38. The number of aliphatic hydroxyl groups is 8. The third-order valence-corrected chi connectivity index (χ3v) is 13.2. The molecule has 0 radical (unpaired) electrons. The summed E-state index contributed by atoms with van der Waals surface area (Å²) < 4.78 is 22.8. The summed E-state index contributed by atoms with van der Waals surface area (Å²) in [7, 11) is 0. The van der Waals surface area contributed by atoms with Gasteiger partial charge in [0.25, 0.3) is 0 Å². The summed E-state index contributed by atoms with van der Waals surface area (Å²) in [5, 5.41) is 87.0. The standard InChI is InChI=1S/C57H99NO13/c1-3-5-7-9-11-13-15-17-19-21-23-25-27-29-31-33-35-37-39-41-49(62)58-45(46(61)40-38-36-34-32-30-28-26-24-22-20-18-16-14-12-10-8-6-4-2)44-68-56-54(67)52(65)55(48(43-60)70-56)71-57-53(66)51(64)50(63)47(42-59)69-57/h5,7,11,13,17,19,23,25,29,31,35,37,45-48,50-57,59-61,63-67H,3-4,6,8-10,12,14-16,18,20-22,24,26-28,30,32-34,36,38-44H2,1-2H3,(H,58,62)/b7-5-,13-11-,19-17-,25-23-,31-29-,37-35-. The molecule has 2 aliphatic heterocycles. The van der Waals surface area contributed by atoms with Gasteiger partial charge in [0, 0.05) is 6.42 Å². The summed E-state index contributed by atoms with van der Waals surface area (Å²) in [5.41, 5.74) is 0. The minimum Gasteiger partial charge on any atom is -0.394 e. The SMILES string of the molecule is CC/C=C\C/C=C\C/C=C\C/C=C\C/C=C\C/C=C\CCC(=O)NC(COC1OC(CO)C(OC2OC(CO)C(O)C(O)C2O)C(O)C1O)C(O)CCCCCCCCCCCCCCCCCCCC. The molecule has 0 aromatic heterocycles. The van der Waals surface area contributed by atoms with E-state index in [9.17, 15) is 45.6 Å². The van der Waals surface area contributed by atoms with Gasteiger partial charge < -0.3 is 65.1 Å². The lowest BCUT2D eigenvalue weighted by Crippen LogP contribution is -2.65. The van der Waals surface area contributed by atoms with Gasteiger partial charge >= 0.3 is 0 Å². The molecule has 2 heterocycles. The van der Waals surface area contributed by atoms with E-state index in [2.05, 4.69) is 79.9 Å². The summed E-state index contributed by atoms with van der Waals surface area (Å²) in [4.78, 5) is 13.2. The van der Waals surface area contributed by atoms with E-state index >= 15 is 0 Å². The summed E-state index contributed by atoms with van der Waals surface area (Å²) in [6.07, 6.45) is 37.7. The van der Waals surface area contributed by atoms with Crippen LogP contribution < -0.4 is 5.32 Å². The Morgan fingerprint density at radius 2 is 0.944 bits per heavy atom. The molecule has 9 N–H and O–H groups in total. The van der Waals surface area contributed by atoms with Gasteiger partial charge in [-0.3, -0.25) is 4.79 Å². The number of amides is 1. The zero-order valence-electron chi connectivity index (χ0n) is 43.7. The Hall–Kier alpha value is -2.57. The largest absolute Gasteiger partial charge is 0.394 e. The first-order valence-corrected chi connectivity index (χ1v) is 27.7. The number of carbonyl (C=O) groups excluding carboxylic acids is 1. The maximum Gasteiger partial charge on any atom is 0.220 e. The molecule has 12 atom stereocenters. The van der Waals surface area contributed by atoms with Gasteiger partial charge in [-0.1, -0.05) is 202 Å². The molecule has 12 unspecified atom stereocenters. The van der Waals surface area contributed by atoms with Crippen molar-refractivity contribution in [3.8, 4) is 0 Å². The van der Waals surface area contributed by atoms with Crippen LogP contribution in [0.1, 0.15) is 187 Å². The average Bonchev–Trinajstić information content (AvgIpc) is 3.37. The van der Waals surface area contributed by atoms with Crippen molar-refractivity contribution in [2.75, 3.05) is 19.8 Å². The summed E-state index contributed by atoms with van der Waals surface area (Å²) in [6, 6.07) is -0.873. The molecule has 0 saturated carbocycles. The maximum absolute atomic E-state index is 13.2. The molecule has 14 nitrogen and oxygen atoms in total. The third-order valence-electron chi connectivity index (χ3n) is 13.2. The zero-order chi connectivity index (χ0) is 51.7. The molecule has 71 heavy (non-hydrogen) atoms. The van der Waals surface area contributed by atoms with E-state index in [1.807, 2.05) is 12.2 Å². The van der Waals surface area contributed by atoms with E-state index < -0.39 is 86.8 Å². The van der Waals surface area contributed by atoms with Crippen LogP contribution in [0.5, 0.6) is 0 Å². The molecule has 0 aromatic carbocycles. The van der Waals surface area contributed by atoms with Crippen LogP contribution in [0.15, 0.2) is 72.9 Å². The van der Waals surface area contributed by atoms with Crippen molar-refractivity contribution in [1.29, 1.82) is 0 Å². The monoisotopic (exact) mass is 1010 g/mol. The second kappa shape index (κ2) is 42.8. The highest BCUT2D eigenvalue weighted by Gasteiger charge is 2.51. The number of carbonyl (C=O) groups is 1. The Kier molecular flexibility index (Phi) is 38.9. The van der Waals surface area contributed by atoms with E-state index in [4.69, 9.17) is 18.9 Å². The van der Waals surface area contributed by atoms with Crippen molar-refractivity contribution < 1.29 is 64.6 Å². The van der Waals surface area contributed by atoms with E-state index in [-0.39, 0.29) is 18.9 Å². The van der Waals surface area contributed by atoms with Crippen LogP contribution in [0.25, 0.3) is 0 Å². The molecular formula is C57H99NO13. The summed E-state index contributed by atoms with van der Waals surface area (Å²) in [6.45, 7) is 2.69. The zero-order valence-corrected chi connectivity index (χ0v) is 43.7. The topological polar surface area (TPSA) is 228 Å². The number of rotatable bonds is 42. The molecule has 2 rings (SSSR count). The summed E-state index contributed by atoms with van der Waals surface area (Å²) >= 11 is 0. The lowest BCUT2D eigenvalue weighted by atomic mass is 9.97. The molecule has 2 fully saturated rings. The fourth-order valence-electron chi connectivity index (χ4n) is 8.73. The Morgan fingerprint density at radius 3 is 1.41 bits per heavy atom. The molecule has 14 heteroatoms. The molecule has 0 aliphatic carbocycles. The van der Waals surface area contributed by atoms with Gasteiger partial charge in [0.1, 0.15) is 48.8 Å². The molecule has 2 saturated heterocycles. The fraction of sp³-hybridized carbons (Fsp3) is 0.772. The van der Waals surface area contributed by atoms with E-state index in [0.717, 1.165) is 64.2 Å². The number of nitrogens with one attached hydrogen (secondary N) is 1. The molecule has 0 bridgehead atoms. The first kappa shape index (κ1) is 64.5. The molecule has 0 aromatic rings. The van der Waals surface area contributed by atoms with E-state index in [0.29, 0.717) is 12.8 Å². The number of ether oxygens (including phenoxy) is 4. The molecule has 1 amide bonds. The van der Waals surface area contributed by atoms with Gasteiger partial charge in [-0.2, -0.15) is 0 Å². The Bertz CT molecular complexity index is 1470.